The molecule has 1 aliphatic rings. The molecule has 0 saturated heterocycles. The zero-order valence-corrected chi connectivity index (χ0v) is 16.2. The van der Waals surface area contributed by atoms with Crippen molar-refractivity contribution in [1.82, 2.24) is 25.5 Å². The third-order valence-corrected chi connectivity index (χ3v) is 6.05. The van der Waals surface area contributed by atoms with E-state index in [1.54, 1.807) is 0 Å². The highest BCUT2D eigenvalue weighted by Crippen LogP contribution is 2.31. The summed E-state index contributed by atoms with van der Waals surface area (Å²) in [4.78, 5) is 12.4. The molecule has 0 unspecified atom stereocenters. The summed E-state index contributed by atoms with van der Waals surface area (Å²) in [5.74, 6) is 0.298. The van der Waals surface area contributed by atoms with Crippen molar-refractivity contribution in [3.8, 4) is 0 Å². The minimum Gasteiger partial charge on any atom is -0.349 e. The van der Waals surface area contributed by atoms with Crippen molar-refractivity contribution in [2.45, 2.75) is 49.8 Å². The second-order valence-electron chi connectivity index (χ2n) is 7.03. The highest BCUT2D eigenvalue weighted by Gasteiger charge is 2.22. The molecular formula is C20H23N5OS. The summed E-state index contributed by atoms with van der Waals surface area (Å²) in [6.07, 6.45) is 4.67. The fourth-order valence-corrected chi connectivity index (χ4v) is 4.39. The molecule has 0 bridgehead atoms. The van der Waals surface area contributed by atoms with Crippen molar-refractivity contribution >= 4 is 28.4 Å². The van der Waals surface area contributed by atoms with Gasteiger partial charge in [0, 0.05) is 0 Å². The average molecular weight is 382 g/mol. The zero-order chi connectivity index (χ0) is 18.6. The lowest BCUT2D eigenvalue weighted by Crippen LogP contribution is -2.28. The van der Waals surface area contributed by atoms with Crippen LogP contribution in [0.25, 0.3) is 10.8 Å². The first kappa shape index (κ1) is 18.0. The summed E-state index contributed by atoms with van der Waals surface area (Å²) in [5.41, 5.74) is 1.10. The zero-order valence-electron chi connectivity index (χ0n) is 15.3. The van der Waals surface area contributed by atoms with Gasteiger partial charge in [-0.3, -0.25) is 4.79 Å². The van der Waals surface area contributed by atoms with Gasteiger partial charge in [0.1, 0.15) is 0 Å². The molecule has 0 radical (unpaired) electrons. The Bertz CT molecular complexity index is 935. The maximum Gasteiger partial charge on any atom is 0.230 e. The van der Waals surface area contributed by atoms with Crippen LogP contribution in [0.1, 0.15) is 50.3 Å². The SMILES string of the molecule is C[C@H](NC(=O)CSc1nnnn1C1CCCC1)c1ccc2ccccc2c1. The van der Waals surface area contributed by atoms with E-state index in [4.69, 9.17) is 0 Å². The number of rotatable bonds is 6. The van der Waals surface area contributed by atoms with Crippen LogP contribution in [-0.4, -0.2) is 31.9 Å². The first-order valence-electron chi connectivity index (χ1n) is 9.39. The number of tetrazole rings is 1. The van der Waals surface area contributed by atoms with E-state index in [1.807, 2.05) is 23.7 Å². The molecule has 1 heterocycles. The molecule has 1 aromatic heterocycles. The van der Waals surface area contributed by atoms with Crippen molar-refractivity contribution in [2.24, 2.45) is 0 Å². The summed E-state index contributed by atoms with van der Waals surface area (Å²) in [7, 11) is 0. The molecule has 27 heavy (non-hydrogen) atoms. The quantitative estimate of drug-likeness (QED) is 0.656. The third-order valence-electron chi connectivity index (χ3n) is 5.12. The number of hydrogen-bond donors (Lipinski definition) is 1. The van der Waals surface area contributed by atoms with Crippen molar-refractivity contribution in [3.63, 3.8) is 0 Å². The fourth-order valence-electron chi connectivity index (χ4n) is 3.63. The maximum absolute atomic E-state index is 12.4. The maximum atomic E-state index is 12.4. The minimum absolute atomic E-state index is 0.0124. The predicted octanol–water partition coefficient (Wildman–Crippen LogP) is 3.91. The average Bonchev–Trinajstić information content (AvgIpc) is 3.37. The van der Waals surface area contributed by atoms with Gasteiger partial charge in [0.25, 0.3) is 0 Å². The smallest absolute Gasteiger partial charge is 0.230 e. The largest absolute Gasteiger partial charge is 0.349 e. The van der Waals surface area contributed by atoms with Gasteiger partial charge in [0.15, 0.2) is 0 Å². The van der Waals surface area contributed by atoms with Gasteiger partial charge in [-0.2, -0.15) is 0 Å². The molecule has 1 fully saturated rings. The van der Waals surface area contributed by atoms with Crippen LogP contribution < -0.4 is 5.32 Å². The molecule has 1 N–H and O–H groups in total. The van der Waals surface area contributed by atoms with Gasteiger partial charge in [0.2, 0.25) is 11.1 Å². The Hall–Kier alpha value is -2.41. The number of amides is 1. The topological polar surface area (TPSA) is 72.7 Å². The number of aromatic nitrogens is 4. The lowest BCUT2D eigenvalue weighted by molar-refractivity contribution is -0.119. The molecule has 4 rings (SSSR count). The number of nitrogens with one attached hydrogen (secondary N) is 1. The highest BCUT2D eigenvalue weighted by molar-refractivity contribution is 7.99. The van der Waals surface area contributed by atoms with Gasteiger partial charge in [-0.1, -0.05) is 61.0 Å². The summed E-state index contributed by atoms with van der Waals surface area (Å²) in [6.45, 7) is 2.01. The van der Waals surface area contributed by atoms with Gasteiger partial charge >= 0.3 is 0 Å². The van der Waals surface area contributed by atoms with Crippen LogP contribution in [0.3, 0.4) is 0 Å². The van der Waals surface area contributed by atoms with Crippen LogP contribution in [0.4, 0.5) is 0 Å². The van der Waals surface area contributed by atoms with E-state index in [1.165, 1.54) is 35.4 Å². The number of carbonyl (C=O) groups is 1. The minimum atomic E-state index is -0.0477. The van der Waals surface area contributed by atoms with Gasteiger partial charge in [-0.25, -0.2) is 4.68 Å². The molecule has 1 amide bonds. The Labute approximate surface area is 162 Å². The molecule has 1 atom stereocenters. The Morgan fingerprint density at radius 1 is 1.22 bits per heavy atom. The van der Waals surface area contributed by atoms with E-state index in [-0.39, 0.29) is 11.9 Å². The van der Waals surface area contributed by atoms with Crippen molar-refractivity contribution in [2.75, 3.05) is 5.75 Å². The second-order valence-corrected chi connectivity index (χ2v) is 7.97. The van der Waals surface area contributed by atoms with Crippen LogP contribution in [0.2, 0.25) is 0 Å². The predicted molar refractivity (Wildman–Crippen MR) is 107 cm³/mol. The first-order chi connectivity index (χ1) is 13.2. The van der Waals surface area contributed by atoms with E-state index < -0.39 is 0 Å². The molecule has 2 aromatic carbocycles. The molecule has 6 nitrogen and oxygen atoms in total. The summed E-state index contributed by atoms with van der Waals surface area (Å²) >= 11 is 1.40. The molecule has 0 aliphatic heterocycles. The third kappa shape index (κ3) is 4.13. The first-order valence-corrected chi connectivity index (χ1v) is 10.4. The molecule has 1 aliphatic carbocycles. The molecule has 1 saturated carbocycles. The van der Waals surface area contributed by atoms with Crippen LogP contribution in [0, 0.1) is 0 Å². The van der Waals surface area contributed by atoms with Crippen LogP contribution in [-0.2, 0) is 4.79 Å². The molecule has 0 spiro atoms. The van der Waals surface area contributed by atoms with E-state index in [0.29, 0.717) is 11.8 Å². The normalized spacial score (nSPS) is 15.9. The van der Waals surface area contributed by atoms with Crippen molar-refractivity contribution < 1.29 is 4.79 Å². The van der Waals surface area contributed by atoms with E-state index in [9.17, 15) is 4.79 Å². The summed E-state index contributed by atoms with van der Waals surface area (Å²) in [5, 5.41) is 18.2. The van der Waals surface area contributed by atoms with E-state index in [2.05, 4.69) is 51.2 Å². The number of thioether (sulfide) groups is 1. The number of benzene rings is 2. The molecular weight excluding hydrogens is 358 g/mol. The molecule has 7 heteroatoms. The van der Waals surface area contributed by atoms with Crippen LogP contribution in [0.15, 0.2) is 47.6 Å². The summed E-state index contributed by atoms with van der Waals surface area (Å²) in [6, 6.07) is 14.9. The monoisotopic (exact) mass is 381 g/mol. The molecule has 140 valence electrons. The van der Waals surface area contributed by atoms with Crippen molar-refractivity contribution in [1.29, 1.82) is 0 Å². The Kier molecular flexibility index (Phi) is 5.38. The Morgan fingerprint density at radius 3 is 2.81 bits per heavy atom. The Morgan fingerprint density at radius 2 is 2.00 bits per heavy atom. The Balaban J connectivity index is 1.35. The van der Waals surface area contributed by atoms with Gasteiger partial charge in [-0.15, -0.1) is 5.10 Å². The van der Waals surface area contributed by atoms with Crippen LogP contribution in [0.5, 0.6) is 0 Å². The number of carbonyl (C=O) groups excluding carboxylic acids is 1. The van der Waals surface area contributed by atoms with Gasteiger partial charge in [0.05, 0.1) is 17.8 Å². The van der Waals surface area contributed by atoms with Gasteiger partial charge in [-0.05, 0) is 52.6 Å². The van der Waals surface area contributed by atoms with Crippen LogP contribution >= 0.6 is 11.8 Å². The number of nitrogens with zero attached hydrogens (tertiary/aromatic N) is 4. The summed E-state index contributed by atoms with van der Waals surface area (Å²) < 4.78 is 1.89. The fraction of sp³-hybridized carbons (Fsp3) is 0.400. The second kappa shape index (κ2) is 8.08. The number of hydrogen-bond acceptors (Lipinski definition) is 5. The lowest BCUT2D eigenvalue weighted by Gasteiger charge is -2.15. The van der Waals surface area contributed by atoms with Crippen molar-refractivity contribution in [3.05, 3.63) is 48.0 Å². The lowest BCUT2D eigenvalue weighted by atomic mass is 10.0. The van der Waals surface area contributed by atoms with E-state index in [0.717, 1.165) is 23.6 Å². The molecule has 3 aromatic rings. The number of fused-ring (bicyclic) bond motifs is 1. The van der Waals surface area contributed by atoms with Gasteiger partial charge < -0.3 is 5.32 Å². The highest BCUT2D eigenvalue weighted by atomic mass is 32.2. The van der Waals surface area contributed by atoms with E-state index >= 15 is 0 Å². The standard InChI is InChI=1S/C20H23N5OS/c1-14(16-11-10-15-6-2-3-7-17(15)12-16)21-19(26)13-27-20-22-23-24-25(20)18-8-4-5-9-18/h2-3,6-7,10-12,14,18H,4-5,8-9,13H2,1H3,(H,21,26)/t14-/m0/s1.